The van der Waals surface area contributed by atoms with Crippen LogP contribution in [0.5, 0.6) is 5.75 Å². The van der Waals surface area contributed by atoms with Crippen LogP contribution in [0.15, 0.2) is 17.6 Å². The van der Waals surface area contributed by atoms with E-state index in [-0.39, 0.29) is 5.75 Å². The zero-order chi connectivity index (χ0) is 24.6. The molecule has 0 radical (unpaired) electrons. The van der Waals surface area contributed by atoms with E-state index in [1.54, 1.807) is 17.5 Å². The lowest BCUT2D eigenvalue weighted by Crippen LogP contribution is -2.43. The highest BCUT2D eigenvalue weighted by Gasteiger charge is 2.41. The van der Waals surface area contributed by atoms with Crippen molar-refractivity contribution in [1.82, 2.24) is 9.78 Å². The van der Waals surface area contributed by atoms with Gasteiger partial charge in [0, 0.05) is 30.3 Å². The molecule has 0 unspecified atom stereocenters. The highest BCUT2D eigenvalue weighted by Crippen LogP contribution is 2.42. The third-order valence-corrected chi connectivity index (χ3v) is 15.9. The van der Waals surface area contributed by atoms with Crippen molar-refractivity contribution in [1.29, 1.82) is 0 Å². The minimum absolute atomic E-state index is 0.285. The number of hydrogen-bond acceptors (Lipinski definition) is 4. The lowest BCUT2D eigenvalue weighted by Gasteiger charge is -2.38. The van der Waals surface area contributed by atoms with Gasteiger partial charge < -0.3 is 9.84 Å². The minimum Gasteiger partial charge on any atom is -0.506 e. The lowest BCUT2D eigenvalue weighted by atomic mass is 10.1. The number of phenols is 1. The van der Waals surface area contributed by atoms with Crippen LogP contribution in [0.2, 0.25) is 42.3 Å². The molecule has 33 heavy (non-hydrogen) atoms. The first kappa shape index (κ1) is 26.0. The predicted molar refractivity (Wildman–Crippen MR) is 149 cm³/mol. The molecule has 180 valence electrons. The van der Waals surface area contributed by atoms with Crippen LogP contribution in [-0.4, -0.2) is 37.6 Å². The largest absolute Gasteiger partial charge is 0.506 e. The zero-order valence-corrected chi connectivity index (χ0v) is 24.6. The summed E-state index contributed by atoms with van der Waals surface area (Å²) >= 11 is 1.64. The van der Waals surface area contributed by atoms with Crippen molar-refractivity contribution in [3.63, 3.8) is 0 Å². The number of fused-ring (bicyclic) bond motifs is 2. The average Bonchev–Trinajstić information content (AvgIpc) is 3.29. The number of rotatable bonds is 8. The highest BCUT2D eigenvalue weighted by atomic mass is 32.1. The van der Waals surface area contributed by atoms with Gasteiger partial charge in [0.05, 0.1) is 22.5 Å². The van der Waals surface area contributed by atoms with Gasteiger partial charge in [-0.15, -0.1) is 16.9 Å². The normalized spacial score (nSPS) is 13.0. The van der Waals surface area contributed by atoms with Crippen LogP contribution in [0.4, 0.5) is 0 Å². The summed E-state index contributed by atoms with van der Waals surface area (Å²) in [6.45, 7) is 22.2. The second-order valence-corrected chi connectivity index (χ2v) is 23.4. The molecule has 0 aliphatic carbocycles. The molecule has 0 aliphatic heterocycles. The molecule has 0 atom stereocenters. The zero-order valence-electron chi connectivity index (χ0n) is 21.7. The van der Waals surface area contributed by atoms with Crippen molar-refractivity contribution in [2.45, 2.75) is 90.6 Å². The fraction of sp³-hybridized carbons (Fsp3) is 0.577. The summed E-state index contributed by atoms with van der Waals surface area (Å²) < 4.78 is 8.79. The molecule has 1 aromatic carbocycles. The Morgan fingerprint density at radius 3 is 2.30 bits per heavy atom. The Bertz CT molecular complexity index is 1150. The van der Waals surface area contributed by atoms with Crippen LogP contribution in [0.3, 0.4) is 0 Å². The summed E-state index contributed by atoms with van der Waals surface area (Å²) in [5.74, 6) is 3.82. The van der Waals surface area contributed by atoms with Gasteiger partial charge in [0.25, 0.3) is 0 Å². The third-order valence-electron chi connectivity index (χ3n) is 6.95. The number of aromatic nitrogens is 2. The second-order valence-electron chi connectivity index (χ2n) is 11.3. The Labute approximate surface area is 205 Å². The Hall–Kier alpha value is -1.60. The molecule has 0 fully saturated rings. The fourth-order valence-electron chi connectivity index (χ4n) is 5.04. The molecule has 2 aromatic heterocycles. The lowest BCUT2D eigenvalue weighted by molar-refractivity contribution is 0.0817. The van der Waals surface area contributed by atoms with Crippen LogP contribution in [0.1, 0.15) is 47.1 Å². The topological polar surface area (TPSA) is 47.3 Å². The van der Waals surface area contributed by atoms with E-state index < -0.39 is 16.1 Å². The molecule has 0 amide bonds. The fourth-order valence-corrected chi connectivity index (χ4v) is 11.9. The number of aromatic hydroxyl groups is 1. The number of phenolic OH excluding ortho intramolecular Hbond substituents is 1. The molecule has 0 aliphatic rings. The molecule has 0 saturated heterocycles. The maximum atomic E-state index is 11.2. The van der Waals surface area contributed by atoms with Crippen molar-refractivity contribution >= 4 is 48.5 Å². The molecular formula is C26H40N2O2SSi2. The van der Waals surface area contributed by atoms with Crippen LogP contribution in [-0.2, 0) is 11.5 Å². The Balaban J connectivity index is 1.98. The van der Waals surface area contributed by atoms with E-state index in [2.05, 4.69) is 89.2 Å². The number of nitrogens with zero attached hydrogens (tertiary/aromatic N) is 2. The van der Waals surface area contributed by atoms with Crippen molar-refractivity contribution in [3.8, 4) is 17.2 Å². The maximum absolute atomic E-state index is 11.2. The van der Waals surface area contributed by atoms with E-state index in [1.165, 1.54) is 0 Å². The van der Waals surface area contributed by atoms with E-state index in [1.807, 2.05) is 4.68 Å². The van der Waals surface area contributed by atoms with Crippen molar-refractivity contribution in [2.24, 2.45) is 0 Å². The van der Waals surface area contributed by atoms with Crippen molar-refractivity contribution in [3.05, 3.63) is 23.2 Å². The van der Waals surface area contributed by atoms with Crippen LogP contribution in [0.25, 0.3) is 21.0 Å². The van der Waals surface area contributed by atoms with Gasteiger partial charge in [0.15, 0.2) is 0 Å². The predicted octanol–water partition coefficient (Wildman–Crippen LogP) is 7.84. The van der Waals surface area contributed by atoms with Gasteiger partial charge in [-0.3, -0.25) is 0 Å². The first-order chi connectivity index (χ1) is 15.4. The first-order valence-electron chi connectivity index (χ1n) is 12.1. The molecule has 0 bridgehead atoms. The van der Waals surface area contributed by atoms with Crippen LogP contribution < -0.4 is 0 Å². The number of ether oxygens (including phenoxy) is 1. The van der Waals surface area contributed by atoms with E-state index in [0.717, 1.165) is 39.2 Å². The molecule has 2 heterocycles. The van der Waals surface area contributed by atoms with Gasteiger partial charge in [-0.1, -0.05) is 67.1 Å². The summed E-state index contributed by atoms with van der Waals surface area (Å²) in [7, 11) is -2.96. The molecule has 3 rings (SSSR count). The molecule has 0 spiro atoms. The highest BCUT2D eigenvalue weighted by molar-refractivity contribution is 7.17. The standard InChI is InChI=1S/C26H40N2O2SSi2/c1-18(2)33(19(3)4,20(5)6)12-10-21-16-31-24-14-23-22(26(29)25(21)24)15-27-28(23)17-30-11-13-32(7,8)9/h14-16,18-20,29H,11,13,17H2,1-9H3. The Morgan fingerprint density at radius 1 is 1.09 bits per heavy atom. The first-order valence-corrected chi connectivity index (χ1v) is 18.9. The number of thiophene rings is 1. The monoisotopic (exact) mass is 500 g/mol. The van der Waals surface area contributed by atoms with E-state index in [0.29, 0.717) is 23.4 Å². The van der Waals surface area contributed by atoms with Crippen molar-refractivity contribution < 1.29 is 9.84 Å². The second kappa shape index (κ2) is 9.95. The smallest absolute Gasteiger partial charge is 0.146 e. The van der Waals surface area contributed by atoms with Gasteiger partial charge in [0.1, 0.15) is 20.6 Å². The summed E-state index contributed by atoms with van der Waals surface area (Å²) in [5, 5.41) is 19.4. The summed E-state index contributed by atoms with van der Waals surface area (Å²) in [5.41, 5.74) is 7.38. The molecule has 1 N–H and O–H groups in total. The quantitative estimate of drug-likeness (QED) is 0.195. The van der Waals surface area contributed by atoms with E-state index in [4.69, 9.17) is 4.74 Å². The van der Waals surface area contributed by atoms with Gasteiger partial charge in [-0.05, 0) is 28.7 Å². The summed E-state index contributed by atoms with van der Waals surface area (Å²) in [6, 6.07) is 3.25. The van der Waals surface area contributed by atoms with Crippen molar-refractivity contribution in [2.75, 3.05) is 6.61 Å². The number of hydrogen-bond donors (Lipinski definition) is 1. The summed E-state index contributed by atoms with van der Waals surface area (Å²) in [4.78, 5) is 0. The van der Waals surface area contributed by atoms with Gasteiger partial charge in [0.2, 0.25) is 0 Å². The minimum atomic E-state index is -1.84. The molecular weight excluding hydrogens is 461 g/mol. The molecule has 0 saturated carbocycles. The van der Waals surface area contributed by atoms with E-state index >= 15 is 0 Å². The third kappa shape index (κ3) is 5.24. The average molecular weight is 501 g/mol. The van der Waals surface area contributed by atoms with Crippen LogP contribution >= 0.6 is 11.3 Å². The van der Waals surface area contributed by atoms with Crippen LogP contribution in [0, 0.1) is 11.5 Å². The maximum Gasteiger partial charge on any atom is 0.146 e. The Kier molecular flexibility index (Phi) is 7.84. The molecule has 4 nitrogen and oxygen atoms in total. The SMILES string of the molecule is CC(C)[Si](C#Cc1csc2cc3c(cnn3COCC[Si](C)(C)C)c(O)c12)(C(C)C)C(C)C. The molecule has 3 aromatic rings. The van der Waals surface area contributed by atoms with Gasteiger partial charge in [-0.25, -0.2) is 4.68 Å². The number of benzene rings is 1. The van der Waals surface area contributed by atoms with Gasteiger partial charge >= 0.3 is 0 Å². The molecule has 7 heteroatoms. The Morgan fingerprint density at radius 2 is 1.73 bits per heavy atom. The summed E-state index contributed by atoms with van der Waals surface area (Å²) in [6.07, 6.45) is 1.75. The van der Waals surface area contributed by atoms with Gasteiger partial charge in [-0.2, -0.15) is 5.10 Å². The van der Waals surface area contributed by atoms with E-state index in [9.17, 15) is 5.11 Å².